The van der Waals surface area contributed by atoms with E-state index < -0.39 is 11.7 Å². The van der Waals surface area contributed by atoms with Crippen LogP contribution in [0.3, 0.4) is 0 Å². The Balaban J connectivity index is 0.00000169. The van der Waals surface area contributed by atoms with Crippen molar-refractivity contribution in [3.63, 3.8) is 0 Å². The number of oxime groups is 1. The van der Waals surface area contributed by atoms with Crippen molar-refractivity contribution in [2.75, 3.05) is 0 Å². The molecule has 0 aliphatic heterocycles. The van der Waals surface area contributed by atoms with Crippen LogP contribution in [0, 0.1) is 6.92 Å². The SMILES string of the molecule is Cc1ccccc1C(=NO)C(=O)[O-].[Na+]. The number of benzene rings is 1. The van der Waals surface area contributed by atoms with Gasteiger partial charge in [0.15, 0.2) is 0 Å². The Hall–Kier alpha value is -0.840. The van der Waals surface area contributed by atoms with E-state index in [0.29, 0.717) is 5.56 Å². The van der Waals surface area contributed by atoms with Crippen molar-refractivity contribution in [1.29, 1.82) is 0 Å². The molecule has 68 valence electrons. The minimum absolute atomic E-state index is 0. The maximum absolute atomic E-state index is 10.5. The number of carboxylic acids is 1. The van der Waals surface area contributed by atoms with E-state index in [9.17, 15) is 9.90 Å². The molecule has 5 heteroatoms. The maximum Gasteiger partial charge on any atom is 1.00 e. The van der Waals surface area contributed by atoms with Gasteiger partial charge < -0.3 is 15.1 Å². The van der Waals surface area contributed by atoms with E-state index in [1.807, 2.05) is 0 Å². The third-order valence-corrected chi connectivity index (χ3v) is 1.69. The van der Waals surface area contributed by atoms with Gasteiger partial charge in [-0.15, -0.1) is 0 Å². The van der Waals surface area contributed by atoms with Gasteiger partial charge in [0.25, 0.3) is 0 Å². The van der Waals surface area contributed by atoms with E-state index in [2.05, 4.69) is 5.16 Å². The molecule has 1 aromatic carbocycles. The second kappa shape index (κ2) is 5.80. The number of hydrogen-bond donors (Lipinski definition) is 1. The minimum atomic E-state index is -1.49. The molecule has 0 saturated carbocycles. The first-order chi connectivity index (χ1) is 6.16. The van der Waals surface area contributed by atoms with Crippen LogP contribution < -0.4 is 34.7 Å². The second-order valence-corrected chi connectivity index (χ2v) is 2.55. The largest absolute Gasteiger partial charge is 1.00 e. The molecule has 0 aromatic heterocycles. The summed E-state index contributed by atoms with van der Waals surface area (Å²) in [6.07, 6.45) is 0. The van der Waals surface area contributed by atoms with Crippen LogP contribution >= 0.6 is 0 Å². The fourth-order valence-corrected chi connectivity index (χ4v) is 1.04. The van der Waals surface area contributed by atoms with Gasteiger partial charge in [-0.25, -0.2) is 0 Å². The van der Waals surface area contributed by atoms with E-state index in [1.165, 1.54) is 0 Å². The molecular weight excluding hydrogens is 193 g/mol. The fourth-order valence-electron chi connectivity index (χ4n) is 1.04. The predicted octanol–water partition coefficient (Wildman–Crippen LogP) is -3.07. The van der Waals surface area contributed by atoms with E-state index >= 15 is 0 Å². The van der Waals surface area contributed by atoms with Crippen molar-refractivity contribution in [1.82, 2.24) is 0 Å². The van der Waals surface area contributed by atoms with E-state index in [4.69, 9.17) is 5.21 Å². The normalized spacial score (nSPS) is 10.5. The Morgan fingerprint density at radius 3 is 2.43 bits per heavy atom. The average molecular weight is 201 g/mol. The van der Waals surface area contributed by atoms with Crippen molar-refractivity contribution in [2.24, 2.45) is 5.16 Å². The van der Waals surface area contributed by atoms with Gasteiger partial charge in [0, 0.05) is 5.56 Å². The zero-order valence-corrected chi connectivity index (χ0v) is 10.0. The van der Waals surface area contributed by atoms with Gasteiger partial charge in [-0.3, -0.25) is 0 Å². The van der Waals surface area contributed by atoms with Crippen LogP contribution in [0.2, 0.25) is 0 Å². The molecule has 0 unspecified atom stereocenters. The molecule has 14 heavy (non-hydrogen) atoms. The number of rotatable bonds is 2. The standard InChI is InChI=1S/C9H9NO3.Na/c1-6-4-2-3-5-7(6)8(10-13)9(11)12;/h2-5,13H,1H3,(H,11,12);/q;+1/p-1. The van der Waals surface area contributed by atoms with Gasteiger partial charge in [0.1, 0.15) is 5.71 Å². The van der Waals surface area contributed by atoms with Crippen molar-refractivity contribution in [3.05, 3.63) is 35.4 Å². The van der Waals surface area contributed by atoms with Crippen molar-refractivity contribution in [2.45, 2.75) is 6.92 Å². The number of carbonyl (C=O) groups excluding carboxylic acids is 1. The summed E-state index contributed by atoms with van der Waals surface area (Å²) >= 11 is 0. The molecule has 0 bridgehead atoms. The maximum atomic E-state index is 10.5. The molecule has 0 heterocycles. The van der Waals surface area contributed by atoms with Gasteiger partial charge in [-0.05, 0) is 12.5 Å². The molecule has 0 saturated heterocycles. The Morgan fingerprint density at radius 1 is 1.43 bits per heavy atom. The Kier molecular flexibility index (Phi) is 5.45. The molecule has 0 amide bonds. The number of carboxylic acid groups (broad SMARTS) is 1. The zero-order valence-electron chi connectivity index (χ0n) is 8.02. The average Bonchev–Trinajstić information content (AvgIpc) is 2.09. The summed E-state index contributed by atoms with van der Waals surface area (Å²) < 4.78 is 0. The first-order valence-corrected chi connectivity index (χ1v) is 3.66. The second-order valence-electron chi connectivity index (χ2n) is 2.55. The molecule has 0 spiro atoms. The monoisotopic (exact) mass is 201 g/mol. The molecule has 0 aliphatic rings. The van der Waals surface area contributed by atoms with Crippen LogP contribution in [-0.4, -0.2) is 16.9 Å². The summed E-state index contributed by atoms with van der Waals surface area (Å²) in [6.45, 7) is 1.73. The topological polar surface area (TPSA) is 72.7 Å². The van der Waals surface area contributed by atoms with Crippen molar-refractivity contribution in [3.8, 4) is 0 Å². The summed E-state index contributed by atoms with van der Waals surface area (Å²) in [4.78, 5) is 10.5. The van der Waals surface area contributed by atoms with Crippen LogP contribution in [0.25, 0.3) is 0 Å². The molecule has 0 radical (unpaired) electrons. The molecule has 0 aliphatic carbocycles. The van der Waals surface area contributed by atoms with Gasteiger partial charge in [0.05, 0.1) is 5.97 Å². The van der Waals surface area contributed by atoms with Gasteiger partial charge in [-0.1, -0.05) is 29.4 Å². The van der Waals surface area contributed by atoms with E-state index in [0.717, 1.165) is 5.56 Å². The fraction of sp³-hybridized carbons (Fsp3) is 0.111. The Labute approximate surface area is 104 Å². The summed E-state index contributed by atoms with van der Waals surface area (Å²) in [5.41, 5.74) is 0.641. The third-order valence-electron chi connectivity index (χ3n) is 1.69. The van der Waals surface area contributed by atoms with E-state index in [-0.39, 0.29) is 29.6 Å². The summed E-state index contributed by atoms with van der Waals surface area (Å²) in [5, 5.41) is 21.6. The minimum Gasteiger partial charge on any atom is -0.543 e. The van der Waals surface area contributed by atoms with Crippen LogP contribution in [-0.2, 0) is 4.79 Å². The number of carbonyl (C=O) groups is 1. The number of hydrogen-bond acceptors (Lipinski definition) is 4. The van der Waals surface area contributed by atoms with Gasteiger partial charge in [0.2, 0.25) is 0 Å². The first-order valence-electron chi connectivity index (χ1n) is 3.66. The third kappa shape index (κ3) is 2.83. The molecule has 0 fully saturated rings. The van der Waals surface area contributed by atoms with Crippen molar-refractivity contribution < 1.29 is 44.7 Å². The molecular formula is C9H8NNaO3. The number of aliphatic carboxylic acids is 1. The summed E-state index contributed by atoms with van der Waals surface area (Å²) in [6, 6.07) is 6.71. The van der Waals surface area contributed by atoms with Gasteiger partial charge >= 0.3 is 29.6 Å². The summed E-state index contributed by atoms with van der Waals surface area (Å²) in [7, 11) is 0. The Morgan fingerprint density at radius 2 is 2.00 bits per heavy atom. The smallest absolute Gasteiger partial charge is 0.543 e. The zero-order chi connectivity index (χ0) is 9.84. The van der Waals surface area contributed by atoms with Crippen LogP contribution in [0.4, 0.5) is 0 Å². The number of aryl methyl sites for hydroxylation is 1. The molecule has 1 rings (SSSR count). The molecule has 0 atom stereocenters. The molecule has 1 aromatic rings. The van der Waals surface area contributed by atoms with E-state index in [1.54, 1.807) is 31.2 Å². The number of nitrogens with zero attached hydrogens (tertiary/aromatic N) is 1. The molecule has 4 nitrogen and oxygen atoms in total. The Bertz CT molecular complexity index is 363. The summed E-state index contributed by atoms with van der Waals surface area (Å²) in [5.74, 6) is -1.49. The molecule has 1 N–H and O–H groups in total. The van der Waals surface area contributed by atoms with Crippen LogP contribution in [0.15, 0.2) is 29.4 Å². The van der Waals surface area contributed by atoms with Crippen LogP contribution in [0.5, 0.6) is 0 Å². The van der Waals surface area contributed by atoms with Crippen LogP contribution in [0.1, 0.15) is 11.1 Å². The first kappa shape index (κ1) is 13.2. The van der Waals surface area contributed by atoms with Gasteiger partial charge in [-0.2, -0.15) is 0 Å². The quantitative estimate of drug-likeness (QED) is 0.239. The van der Waals surface area contributed by atoms with Crippen molar-refractivity contribution >= 4 is 11.7 Å². The predicted molar refractivity (Wildman–Crippen MR) is 44.5 cm³/mol.